The third-order valence-electron chi connectivity index (χ3n) is 5.59. The van der Waals surface area contributed by atoms with Crippen molar-refractivity contribution in [2.45, 2.75) is 19.7 Å². The lowest BCUT2D eigenvalue weighted by atomic mass is 9.91. The summed E-state index contributed by atoms with van der Waals surface area (Å²) in [5, 5.41) is 4.93. The molecule has 0 aliphatic rings. The van der Waals surface area contributed by atoms with Crippen molar-refractivity contribution in [3.05, 3.63) is 103 Å². The molecule has 1 aromatic heterocycles. The van der Waals surface area contributed by atoms with Crippen molar-refractivity contribution in [3.63, 3.8) is 0 Å². The number of hydrogen-bond acceptors (Lipinski definition) is 1. The summed E-state index contributed by atoms with van der Waals surface area (Å²) in [7, 11) is 0. The van der Waals surface area contributed by atoms with Crippen LogP contribution in [0.2, 0.25) is 0 Å². The summed E-state index contributed by atoms with van der Waals surface area (Å²) < 4.78 is 8.62. The Hall–Kier alpha value is -3.45. The Balaban J connectivity index is 1.77. The molecule has 0 saturated heterocycles. The van der Waals surface area contributed by atoms with Crippen molar-refractivity contribution in [2.75, 3.05) is 0 Å². The second kappa shape index (κ2) is 7.18. The van der Waals surface area contributed by atoms with Gasteiger partial charge in [-0.1, -0.05) is 98.8 Å². The number of fused-ring (bicyclic) bond motifs is 3. The van der Waals surface area contributed by atoms with Crippen molar-refractivity contribution in [3.8, 4) is 22.4 Å². The predicted octanol–water partition coefficient (Wildman–Crippen LogP) is 7.85. The molecule has 1 heteroatoms. The Labute approximate surface area is 173 Å². The Morgan fingerprint density at radius 1 is 0.690 bits per heavy atom. The molecule has 0 saturated carbocycles. The third kappa shape index (κ3) is 3.09. The minimum Gasteiger partial charge on any atom is -0.256 e. The molecule has 140 valence electrons. The van der Waals surface area contributed by atoms with Gasteiger partial charge in [0, 0.05) is 13.1 Å². The minimum atomic E-state index is -0.730. The highest BCUT2D eigenvalue weighted by molar-refractivity contribution is 6.11. The van der Waals surface area contributed by atoms with E-state index < -0.39 is 5.89 Å². The average molecular weight is 375 g/mol. The average Bonchev–Trinajstić information content (AvgIpc) is 2.78. The molecular weight excluding hydrogens is 350 g/mol. The molecule has 29 heavy (non-hydrogen) atoms. The lowest BCUT2D eigenvalue weighted by Crippen LogP contribution is -1.96. The quantitative estimate of drug-likeness (QED) is 0.293. The highest BCUT2D eigenvalue weighted by Gasteiger charge is 2.13. The fourth-order valence-electron chi connectivity index (χ4n) is 4.12. The lowest BCUT2D eigenvalue weighted by Gasteiger charge is -2.15. The molecule has 1 nitrogen and oxygen atoms in total. The molecule has 4 aromatic carbocycles. The van der Waals surface area contributed by atoms with Gasteiger partial charge in [0.05, 0.1) is 5.69 Å². The summed E-state index contributed by atoms with van der Waals surface area (Å²) >= 11 is 0. The number of pyridine rings is 1. The normalized spacial score (nSPS) is 12.3. The summed E-state index contributed by atoms with van der Waals surface area (Å²) in [5.41, 5.74) is 5.16. The zero-order valence-corrected chi connectivity index (χ0v) is 16.7. The summed E-state index contributed by atoms with van der Waals surface area (Å²) in [6.45, 7) is 3.83. The molecule has 1 heterocycles. The summed E-state index contributed by atoms with van der Waals surface area (Å²) in [4.78, 5) is 4.81. The van der Waals surface area contributed by atoms with Crippen LogP contribution in [0.4, 0.5) is 0 Å². The van der Waals surface area contributed by atoms with E-state index in [4.69, 9.17) is 6.35 Å². The molecule has 0 aliphatic heterocycles. The summed E-state index contributed by atoms with van der Waals surface area (Å²) in [6.07, 6.45) is 1.88. The second-order valence-electron chi connectivity index (χ2n) is 7.67. The van der Waals surface area contributed by atoms with Crippen LogP contribution in [0.15, 0.2) is 97.2 Å². The van der Waals surface area contributed by atoms with Crippen LogP contribution in [0.5, 0.6) is 0 Å². The number of aromatic nitrogens is 1. The van der Waals surface area contributed by atoms with Crippen LogP contribution in [0.1, 0.15) is 26.7 Å². The largest absolute Gasteiger partial charge is 0.256 e. The van der Waals surface area contributed by atoms with Crippen LogP contribution >= 0.6 is 0 Å². The van der Waals surface area contributed by atoms with Gasteiger partial charge in [-0.05, 0) is 50.2 Å². The maximum Gasteiger partial charge on any atom is 0.0714 e. The van der Waals surface area contributed by atoms with E-state index in [0.717, 1.165) is 27.9 Å². The van der Waals surface area contributed by atoms with E-state index in [9.17, 15) is 0 Å². The molecular formula is C28H23N. The van der Waals surface area contributed by atoms with Crippen LogP contribution < -0.4 is 0 Å². The van der Waals surface area contributed by atoms with E-state index in [1.165, 1.54) is 21.5 Å². The first-order chi connectivity index (χ1) is 14.5. The van der Waals surface area contributed by atoms with Crippen molar-refractivity contribution >= 4 is 21.5 Å². The monoisotopic (exact) mass is 374 g/mol. The molecule has 0 fully saturated rings. The molecule has 0 atom stereocenters. The van der Waals surface area contributed by atoms with Gasteiger partial charge >= 0.3 is 0 Å². The first-order valence-corrected chi connectivity index (χ1v) is 9.99. The molecule has 0 bridgehead atoms. The molecule has 0 amide bonds. The van der Waals surface area contributed by atoms with Crippen molar-refractivity contribution in [1.29, 1.82) is 0 Å². The molecule has 0 unspecified atom stereocenters. The predicted molar refractivity (Wildman–Crippen MR) is 124 cm³/mol. The molecule has 0 N–H and O–H groups in total. The van der Waals surface area contributed by atoms with E-state index in [-0.39, 0.29) is 0 Å². The van der Waals surface area contributed by atoms with Crippen molar-refractivity contribution < 1.29 is 1.37 Å². The SMILES string of the molecule is [2H]C(C)(C)c1cnc(-c2cccc3c2ccc2ccccc23)cc1-c1ccccc1. The van der Waals surface area contributed by atoms with Gasteiger partial charge in [0.15, 0.2) is 0 Å². The summed E-state index contributed by atoms with van der Waals surface area (Å²) in [5.74, 6) is -0.730. The Morgan fingerprint density at radius 2 is 1.45 bits per heavy atom. The lowest BCUT2D eigenvalue weighted by molar-refractivity contribution is 0.861. The fraction of sp³-hybridized carbons (Fsp3) is 0.107. The van der Waals surface area contributed by atoms with Gasteiger partial charge in [-0.2, -0.15) is 0 Å². The Kier molecular flexibility index (Phi) is 4.08. The van der Waals surface area contributed by atoms with Crippen LogP contribution in [0.3, 0.4) is 0 Å². The van der Waals surface area contributed by atoms with Gasteiger partial charge < -0.3 is 0 Å². The highest BCUT2D eigenvalue weighted by atomic mass is 14.7. The Morgan fingerprint density at radius 3 is 2.28 bits per heavy atom. The zero-order chi connectivity index (χ0) is 20.7. The minimum absolute atomic E-state index is 0.730. The number of benzene rings is 4. The number of rotatable bonds is 3. The summed E-state index contributed by atoms with van der Waals surface area (Å²) in [6, 6.07) is 31.7. The maximum atomic E-state index is 8.62. The van der Waals surface area contributed by atoms with Gasteiger partial charge in [0.2, 0.25) is 0 Å². The molecule has 0 spiro atoms. The molecule has 5 rings (SSSR count). The van der Waals surface area contributed by atoms with Gasteiger partial charge in [-0.15, -0.1) is 0 Å². The van der Waals surface area contributed by atoms with Gasteiger partial charge in [0.1, 0.15) is 0 Å². The first-order valence-electron chi connectivity index (χ1n) is 10.5. The van der Waals surface area contributed by atoms with E-state index >= 15 is 0 Å². The first kappa shape index (κ1) is 16.5. The topological polar surface area (TPSA) is 12.9 Å². The van der Waals surface area contributed by atoms with Crippen molar-refractivity contribution in [1.82, 2.24) is 4.98 Å². The molecule has 0 aliphatic carbocycles. The fourth-order valence-corrected chi connectivity index (χ4v) is 4.12. The van der Waals surface area contributed by atoms with E-state index in [1.54, 1.807) is 0 Å². The number of hydrogen-bond donors (Lipinski definition) is 0. The van der Waals surface area contributed by atoms with E-state index in [0.29, 0.717) is 0 Å². The van der Waals surface area contributed by atoms with E-state index in [2.05, 4.69) is 72.8 Å². The molecule has 0 radical (unpaired) electrons. The highest BCUT2D eigenvalue weighted by Crippen LogP contribution is 2.36. The number of nitrogens with zero attached hydrogens (tertiary/aromatic N) is 1. The second-order valence-corrected chi connectivity index (χ2v) is 7.67. The van der Waals surface area contributed by atoms with E-state index in [1.807, 2.05) is 38.2 Å². The van der Waals surface area contributed by atoms with Gasteiger partial charge in [-0.25, -0.2) is 0 Å². The van der Waals surface area contributed by atoms with Crippen LogP contribution in [0, 0.1) is 0 Å². The zero-order valence-electron chi connectivity index (χ0n) is 17.7. The standard InChI is InChI=1S/C28H23N/c1-19(2)27-18-29-28(17-26(27)20-9-4-3-5-10-20)25-14-8-13-23-22-12-7-6-11-21(22)15-16-24(23)25/h3-19H,1-2H3/i19D. The van der Waals surface area contributed by atoms with Crippen molar-refractivity contribution in [2.24, 2.45) is 0 Å². The smallest absolute Gasteiger partial charge is 0.0714 e. The van der Waals surface area contributed by atoms with Gasteiger partial charge in [0.25, 0.3) is 0 Å². The van der Waals surface area contributed by atoms with Gasteiger partial charge in [-0.3, -0.25) is 4.98 Å². The molecule has 5 aromatic rings. The van der Waals surface area contributed by atoms with Crippen LogP contribution in [-0.2, 0) is 0 Å². The van der Waals surface area contributed by atoms with Crippen LogP contribution in [-0.4, -0.2) is 4.98 Å². The van der Waals surface area contributed by atoms with Crippen LogP contribution in [0.25, 0.3) is 43.9 Å². The third-order valence-corrected chi connectivity index (χ3v) is 5.59. The Bertz CT molecular complexity index is 1360. The maximum absolute atomic E-state index is 8.62.